The van der Waals surface area contributed by atoms with E-state index in [4.69, 9.17) is 0 Å². The normalized spacial score (nSPS) is 20.8. The molecule has 1 aliphatic rings. The third-order valence-electron chi connectivity index (χ3n) is 4.43. The van der Waals surface area contributed by atoms with Crippen molar-refractivity contribution >= 4 is 5.91 Å². The molecule has 1 aromatic carbocycles. The molecule has 110 valence electrons. The van der Waals surface area contributed by atoms with E-state index in [1.807, 2.05) is 4.90 Å². The Hall–Kier alpha value is -1.35. The number of benzene rings is 1. The summed E-state index contributed by atoms with van der Waals surface area (Å²) in [6, 6.07) is 6.45. The molecule has 1 aliphatic heterocycles. The molecule has 2 rings (SSSR count). The monoisotopic (exact) mass is 274 g/mol. The van der Waals surface area contributed by atoms with Gasteiger partial charge in [-0.25, -0.2) is 0 Å². The fourth-order valence-electron chi connectivity index (χ4n) is 2.60. The Balaban J connectivity index is 2.25. The topological polar surface area (TPSA) is 32.3 Å². The number of rotatable bonds is 4. The number of aryl methyl sites for hydroxylation is 2. The molecule has 0 aliphatic carbocycles. The first-order chi connectivity index (χ1) is 9.40. The van der Waals surface area contributed by atoms with Gasteiger partial charge in [0, 0.05) is 6.54 Å². The third-order valence-corrected chi connectivity index (χ3v) is 4.43. The maximum atomic E-state index is 12.2. The van der Waals surface area contributed by atoms with Gasteiger partial charge in [0.15, 0.2) is 0 Å². The summed E-state index contributed by atoms with van der Waals surface area (Å²) in [7, 11) is 0. The van der Waals surface area contributed by atoms with Gasteiger partial charge in [0.1, 0.15) is 6.17 Å². The fourth-order valence-corrected chi connectivity index (χ4v) is 2.60. The van der Waals surface area contributed by atoms with E-state index < -0.39 is 0 Å². The average Bonchev–Trinajstić information content (AvgIpc) is 2.74. The molecule has 0 saturated carbocycles. The first-order valence-corrected chi connectivity index (χ1v) is 7.50. The Bertz CT molecular complexity index is 496. The van der Waals surface area contributed by atoms with Crippen molar-refractivity contribution in [1.29, 1.82) is 0 Å². The van der Waals surface area contributed by atoms with Gasteiger partial charge in [0.2, 0.25) is 5.91 Å². The molecule has 1 aromatic rings. The zero-order chi connectivity index (χ0) is 14.9. The van der Waals surface area contributed by atoms with Crippen molar-refractivity contribution in [1.82, 2.24) is 10.2 Å². The molecule has 1 saturated heterocycles. The fraction of sp³-hybridized carbons (Fsp3) is 0.588. The summed E-state index contributed by atoms with van der Waals surface area (Å²) in [6.07, 6.45) is 0.0311. The molecule has 2 unspecified atom stereocenters. The summed E-state index contributed by atoms with van der Waals surface area (Å²) in [5, 5.41) is 3.36. The lowest BCUT2D eigenvalue weighted by Crippen LogP contribution is -2.35. The molecule has 3 nitrogen and oxygen atoms in total. The van der Waals surface area contributed by atoms with E-state index in [2.05, 4.69) is 58.1 Å². The minimum absolute atomic E-state index is 0.0311. The second-order valence-corrected chi connectivity index (χ2v) is 6.41. The molecule has 1 fully saturated rings. The highest BCUT2D eigenvalue weighted by molar-refractivity contribution is 5.81. The van der Waals surface area contributed by atoms with Crippen LogP contribution in [0.2, 0.25) is 0 Å². The Morgan fingerprint density at radius 3 is 2.65 bits per heavy atom. The number of carbonyl (C=O) groups is 1. The smallest absolute Gasteiger partial charge is 0.238 e. The number of nitrogens with zero attached hydrogens (tertiary/aromatic N) is 1. The number of amides is 1. The summed E-state index contributed by atoms with van der Waals surface area (Å²) in [4.78, 5) is 14.2. The van der Waals surface area contributed by atoms with Crippen molar-refractivity contribution < 1.29 is 4.79 Å². The van der Waals surface area contributed by atoms with Crippen molar-refractivity contribution in [2.75, 3.05) is 13.1 Å². The highest BCUT2D eigenvalue weighted by atomic mass is 16.2. The lowest BCUT2D eigenvalue weighted by molar-refractivity contribution is -0.128. The minimum atomic E-state index is 0.0311. The quantitative estimate of drug-likeness (QED) is 0.915. The first-order valence-electron chi connectivity index (χ1n) is 7.50. The van der Waals surface area contributed by atoms with Crippen molar-refractivity contribution in [2.45, 2.75) is 40.8 Å². The van der Waals surface area contributed by atoms with Crippen LogP contribution in [-0.2, 0) is 4.79 Å². The molecule has 1 heterocycles. The van der Waals surface area contributed by atoms with Gasteiger partial charge in [-0.15, -0.1) is 0 Å². The first kappa shape index (κ1) is 15.0. The number of hydrogen-bond acceptors (Lipinski definition) is 2. The van der Waals surface area contributed by atoms with Crippen LogP contribution in [0.15, 0.2) is 18.2 Å². The summed E-state index contributed by atoms with van der Waals surface area (Å²) in [5.41, 5.74) is 3.71. The molecule has 2 atom stereocenters. The van der Waals surface area contributed by atoms with Gasteiger partial charge >= 0.3 is 0 Å². The molecule has 3 heteroatoms. The number of hydrogen-bond donors (Lipinski definition) is 1. The standard InChI is InChI=1S/C17H26N2O/c1-11(2)14(5)10-19-16(20)9-18-17(19)15-8-12(3)6-7-13(15)4/h6-8,11,14,17-18H,9-10H2,1-5H3. The maximum absolute atomic E-state index is 12.2. The van der Waals surface area contributed by atoms with Gasteiger partial charge < -0.3 is 4.90 Å². The second kappa shape index (κ2) is 5.96. The third kappa shape index (κ3) is 3.04. The van der Waals surface area contributed by atoms with Gasteiger partial charge in [-0.2, -0.15) is 0 Å². The van der Waals surface area contributed by atoms with Crippen molar-refractivity contribution in [3.63, 3.8) is 0 Å². The molecular formula is C17H26N2O. The zero-order valence-corrected chi connectivity index (χ0v) is 13.2. The van der Waals surface area contributed by atoms with E-state index >= 15 is 0 Å². The summed E-state index contributed by atoms with van der Waals surface area (Å²) in [5.74, 6) is 1.30. The summed E-state index contributed by atoms with van der Waals surface area (Å²) < 4.78 is 0. The van der Waals surface area contributed by atoms with E-state index in [-0.39, 0.29) is 12.1 Å². The van der Waals surface area contributed by atoms with Gasteiger partial charge in [-0.3, -0.25) is 10.1 Å². The molecular weight excluding hydrogens is 248 g/mol. The Kier molecular flexibility index (Phi) is 4.48. The minimum Gasteiger partial charge on any atom is -0.322 e. The predicted octanol–water partition coefficient (Wildman–Crippen LogP) is 3.03. The Morgan fingerprint density at radius 1 is 1.30 bits per heavy atom. The Morgan fingerprint density at radius 2 is 2.00 bits per heavy atom. The second-order valence-electron chi connectivity index (χ2n) is 6.41. The van der Waals surface area contributed by atoms with Crippen molar-refractivity contribution in [3.05, 3.63) is 34.9 Å². The van der Waals surface area contributed by atoms with Crippen LogP contribution in [-0.4, -0.2) is 23.9 Å². The van der Waals surface area contributed by atoms with E-state index in [9.17, 15) is 4.79 Å². The number of carbonyl (C=O) groups excluding carboxylic acids is 1. The Labute approximate surface area is 122 Å². The molecule has 0 bridgehead atoms. The molecule has 1 N–H and O–H groups in total. The van der Waals surface area contributed by atoms with Crippen LogP contribution >= 0.6 is 0 Å². The maximum Gasteiger partial charge on any atom is 0.238 e. The molecule has 1 amide bonds. The summed E-state index contributed by atoms with van der Waals surface area (Å²) >= 11 is 0. The number of nitrogens with one attached hydrogen (secondary N) is 1. The van der Waals surface area contributed by atoms with E-state index in [1.54, 1.807) is 0 Å². The van der Waals surface area contributed by atoms with Crippen LogP contribution in [0, 0.1) is 25.7 Å². The highest BCUT2D eigenvalue weighted by Gasteiger charge is 2.33. The van der Waals surface area contributed by atoms with Crippen LogP contribution in [0.4, 0.5) is 0 Å². The van der Waals surface area contributed by atoms with Gasteiger partial charge in [0.25, 0.3) is 0 Å². The van der Waals surface area contributed by atoms with Crippen LogP contribution in [0.3, 0.4) is 0 Å². The molecule has 20 heavy (non-hydrogen) atoms. The van der Waals surface area contributed by atoms with Crippen LogP contribution in [0.25, 0.3) is 0 Å². The highest BCUT2D eigenvalue weighted by Crippen LogP contribution is 2.28. The zero-order valence-electron chi connectivity index (χ0n) is 13.2. The summed E-state index contributed by atoms with van der Waals surface area (Å²) in [6.45, 7) is 12.1. The van der Waals surface area contributed by atoms with Crippen molar-refractivity contribution in [2.24, 2.45) is 11.8 Å². The van der Waals surface area contributed by atoms with E-state index in [0.29, 0.717) is 18.4 Å². The van der Waals surface area contributed by atoms with Gasteiger partial charge in [-0.05, 0) is 36.8 Å². The molecule has 0 spiro atoms. The van der Waals surface area contributed by atoms with E-state index in [1.165, 1.54) is 16.7 Å². The van der Waals surface area contributed by atoms with Gasteiger partial charge in [0.05, 0.1) is 6.54 Å². The van der Waals surface area contributed by atoms with Crippen LogP contribution in [0.1, 0.15) is 43.6 Å². The largest absolute Gasteiger partial charge is 0.322 e. The van der Waals surface area contributed by atoms with Crippen LogP contribution < -0.4 is 5.32 Å². The molecule has 0 radical (unpaired) electrons. The van der Waals surface area contributed by atoms with Crippen LogP contribution in [0.5, 0.6) is 0 Å². The van der Waals surface area contributed by atoms with Gasteiger partial charge in [-0.1, -0.05) is 44.5 Å². The average molecular weight is 274 g/mol. The lowest BCUT2D eigenvalue weighted by Gasteiger charge is -2.30. The SMILES string of the molecule is Cc1ccc(C)c(C2NCC(=O)N2CC(C)C(C)C)c1. The molecule has 0 aromatic heterocycles. The predicted molar refractivity (Wildman–Crippen MR) is 82.4 cm³/mol. The lowest BCUT2D eigenvalue weighted by atomic mass is 9.96. The van der Waals surface area contributed by atoms with Crippen molar-refractivity contribution in [3.8, 4) is 0 Å². The van der Waals surface area contributed by atoms with E-state index in [0.717, 1.165) is 6.54 Å².